The Kier molecular flexibility index (Phi) is 3.91. The molecule has 0 aliphatic carbocycles. The number of para-hydroxylation sites is 2. The monoisotopic (exact) mass is 343 g/mol. The Balaban J connectivity index is 1.57. The summed E-state index contributed by atoms with van der Waals surface area (Å²) in [4.78, 5) is 19.8. The molecule has 0 radical (unpaired) electrons. The minimum absolute atomic E-state index is 0.230. The minimum Gasteiger partial charge on any atom is -0.378 e. The molecule has 1 aromatic carbocycles. The van der Waals surface area contributed by atoms with Crippen molar-refractivity contribution in [2.75, 3.05) is 36.5 Å². The summed E-state index contributed by atoms with van der Waals surface area (Å²) < 4.78 is 7.04. The maximum Gasteiger partial charge on any atom is 0.276 e. The van der Waals surface area contributed by atoms with Crippen molar-refractivity contribution in [2.45, 2.75) is 6.92 Å². The van der Waals surface area contributed by atoms with Gasteiger partial charge in [0.2, 0.25) is 4.96 Å². The topological polar surface area (TPSA) is 71.8 Å². The predicted molar refractivity (Wildman–Crippen MR) is 93.0 cm³/mol. The lowest BCUT2D eigenvalue weighted by molar-refractivity contribution is 0.102. The minimum atomic E-state index is -0.230. The Bertz CT molecular complexity index is 850. The molecular weight excluding hydrogens is 326 g/mol. The first-order valence-corrected chi connectivity index (χ1v) is 8.58. The van der Waals surface area contributed by atoms with Gasteiger partial charge >= 0.3 is 0 Å². The number of rotatable bonds is 3. The zero-order valence-corrected chi connectivity index (χ0v) is 14.0. The molecule has 8 heteroatoms. The van der Waals surface area contributed by atoms with Gasteiger partial charge in [-0.25, -0.2) is 9.50 Å². The van der Waals surface area contributed by atoms with Crippen molar-refractivity contribution in [3.8, 4) is 0 Å². The van der Waals surface area contributed by atoms with E-state index < -0.39 is 0 Å². The number of hydrogen-bond acceptors (Lipinski definition) is 6. The van der Waals surface area contributed by atoms with E-state index in [2.05, 4.69) is 20.3 Å². The molecular formula is C16H17N5O2S. The fourth-order valence-electron chi connectivity index (χ4n) is 2.75. The molecule has 0 atom stereocenters. The van der Waals surface area contributed by atoms with E-state index in [1.54, 1.807) is 10.7 Å². The lowest BCUT2D eigenvalue weighted by Gasteiger charge is -2.30. The molecule has 0 unspecified atom stereocenters. The van der Waals surface area contributed by atoms with Crippen LogP contribution < -0.4 is 10.2 Å². The van der Waals surface area contributed by atoms with Gasteiger partial charge in [0.05, 0.1) is 30.8 Å². The number of carbonyl (C=O) groups excluding carboxylic acids is 1. The average Bonchev–Trinajstić information content (AvgIpc) is 3.13. The fourth-order valence-corrected chi connectivity index (χ4v) is 3.48. The number of amides is 1. The zero-order chi connectivity index (χ0) is 16.5. The summed E-state index contributed by atoms with van der Waals surface area (Å²) in [5, 5.41) is 8.17. The summed E-state index contributed by atoms with van der Waals surface area (Å²) in [6, 6.07) is 7.80. The van der Waals surface area contributed by atoms with Gasteiger partial charge in [0.25, 0.3) is 5.91 Å². The van der Waals surface area contributed by atoms with Gasteiger partial charge in [0.1, 0.15) is 10.7 Å². The maximum absolute atomic E-state index is 12.5. The van der Waals surface area contributed by atoms with Crippen LogP contribution in [-0.2, 0) is 4.74 Å². The first-order chi connectivity index (χ1) is 11.7. The fraction of sp³-hybridized carbons (Fsp3) is 0.312. The van der Waals surface area contributed by atoms with Crippen LogP contribution in [0.2, 0.25) is 0 Å². The third-order valence-electron chi connectivity index (χ3n) is 3.88. The van der Waals surface area contributed by atoms with Gasteiger partial charge in [-0.05, 0) is 19.1 Å². The van der Waals surface area contributed by atoms with Gasteiger partial charge in [0.15, 0.2) is 0 Å². The summed E-state index contributed by atoms with van der Waals surface area (Å²) in [5.41, 5.74) is 2.15. The summed E-state index contributed by atoms with van der Waals surface area (Å²) >= 11 is 1.46. The number of morpholine rings is 1. The van der Waals surface area contributed by atoms with Gasteiger partial charge in [0, 0.05) is 13.1 Å². The van der Waals surface area contributed by atoms with E-state index in [-0.39, 0.29) is 5.91 Å². The number of hydrogen-bond donors (Lipinski definition) is 1. The molecule has 1 fully saturated rings. The highest BCUT2D eigenvalue weighted by Gasteiger charge is 2.18. The summed E-state index contributed by atoms with van der Waals surface area (Å²) in [6.07, 6.45) is 1.66. The second-order valence-corrected chi connectivity index (χ2v) is 6.71. The van der Waals surface area contributed by atoms with Crippen molar-refractivity contribution in [3.05, 3.63) is 41.2 Å². The maximum atomic E-state index is 12.5. The van der Waals surface area contributed by atoms with Crippen molar-refractivity contribution >= 4 is 33.6 Å². The number of benzene rings is 1. The number of nitrogens with zero attached hydrogens (tertiary/aromatic N) is 4. The van der Waals surface area contributed by atoms with Gasteiger partial charge in [-0.1, -0.05) is 23.5 Å². The summed E-state index contributed by atoms with van der Waals surface area (Å²) in [7, 11) is 0. The molecule has 24 heavy (non-hydrogen) atoms. The molecule has 4 rings (SSSR count). The highest BCUT2D eigenvalue weighted by molar-refractivity contribution is 7.16. The molecule has 2 aromatic heterocycles. The van der Waals surface area contributed by atoms with Crippen LogP contribution in [0.25, 0.3) is 4.96 Å². The standard InChI is InChI=1S/C16H17N5O2S/c1-11-19-21-10-13(18-16(21)24-11)15(22)17-12-4-2-3-5-14(12)20-6-8-23-9-7-20/h2-5,10H,6-9H2,1H3,(H,17,22). The van der Waals surface area contributed by atoms with Crippen LogP contribution in [-0.4, -0.2) is 46.8 Å². The van der Waals surface area contributed by atoms with Gasteiger partial charge in [-0.2, -0.15) is 5.10 Å². The first kappa shape index (κ1) is 15.1. The van der Waals surface area contributed by atoms with Crippen molar-refractivity contribution in [1.82, 2.24) is 14.6 Å². The summed E-state index contributed by atoms with van der Waals surface area (Å²) in [6.45, 7) is 4.94. The normalized spacial score (nSPS) is 15.0. The predicted octanol–water partition coefficient (Wildman–Crippen LogP) is 2.19. The number of imidazole rings is 1. The van der Waals surface area contributed by atoms with Crippen LogP contribution in [0.5, 0.6) is 0 Å². The molecule has 7 nitrogen and oxygen atoms in total. The lowest BCUT2D eigenvalue weighted by Crippen LogP contribution is -2.36. The Morgan fingerprint density at radius 1 is 1.29 bits per heavy atom. The van der Waals surface area contributed by atoms with Crippen LogP contribution in [0, 0.1) is 6.92 Å². The van der Waals surface area contributed by atoms with Crippen molar-refractivity contribution in [1.29, 1.82) is 0 Å². The van der Waals surface area contributed by atoms with Crippen molar-refractivity contribution < 1.29 is 9.53 Å². The molecule has 0 bridgehead atoms. The first-order valence-electron chi connectivity index (χ1n) is 7.76. The Labute approximate surface area is 142 Å². The van der Waals surface area contributed by atoms with Crippen molar-refractivity contribution in [3.63, 3.8) is 0 Å². The number of anilines is 2. The zero-order valence-electron chi connectivity index (χ0n) is 13.2. The largest absolute Gasteiger partial charge is 0.378 e. The van der Waals surface area contributed by atoms with E-state index >= 15 is 0 Å². The summed E-state index contributed by atoms with van der Waals surface area (Å²) in [5.74, 6) is -0.230. The molecule has 1 aliphatic rings. The average molecular weight is 343 g/mol. The highest BCUT2D eigenvalue weighted by atomic mass is 32.1. The molecule has 3 heterocycles. The van der Waals surface area contributed by atoms with Crippen LogP contribution in [0.1, 0.15) is 15.5 Å². The molecule has 0 spiro atoms. The van der Waals surface area contributed by atoms with Crippen LogP contribution >= 0.6 is 11.3 Å². The molecule has 1 aliphatic heterocycles. The molecule has 3 aromatic rings. The molecule has 1 N–H and O–H groups in total. The lowest BCUT2D eigenvalue weighted by atomic mass is 10.2. The molecule has 0 saturated carbocycles. The van der Waals surface area contributed by atoms with Gasteiger partial charge in [-0.15, -0.1) is 0 Å². The van der Waals surface area contributed by atoms with Crippen molar-refractivity contribution in [2.24, 2.45) is 0 Å². The number of aryl methyl sites for hydroxylation is 1. The number of fused-ring (bicyclic) bond motifs is 1. The number of nitrogens with one attached hydrogen (secondary N) is 1. The second kappa shape index (κ2) is 6.21. The highest BCUT2D eigenvalue weighted by Crippen LogP contribution is 2.27. The third kappa shape index (κ3) is 2.85. The third-order valence-corrected chi connectivity index (χ3v) is 4.72. The smallest absolute Gasteiger partial charge is 0.276 e. The molecule has 1 saturated heterocycles. The quantitative estimate of drug-likeness (QED) is 0.789. The van der Waals surface area contributed by atoms with Gasteiger partial charge < -0.3 is 15.0 Å². The second-order valence-electron chi connectivity index (χ2n) is 5.55. The van der Waals surface area contributed by atoms with E-state index in [1.807, 2.05) is 31.2 Å². The number of aromatic nitrogens is 3. The van der Waals surface area contributed by atoms with Crippen LogP contribution in [0.3, 0.4) is 0 Å². The molecule has 1 amide bonds. The van der Waals surface area contributed by atoms with E-state index in [1.165, 1.54) is 11.3 Å². The Hall–Kier alpha value is -2.45. The number of ether oxygens (including phenoxy) is 1. The van der Waals surface area contributed by atoms with Crippen LogP contribution in [0.4, 0.5) is 11.4 Å². The Morgan fingerprint density at radius 3 is 2.88 bits per heavy atom. The van der Waals surface area contributed by atoms with E-state index in [0.29, 0.717) is 18.9 Å². The Morgan fingerprint density at radius 2 is 2.08 bits per heavy atom. The van der Waals surface area contributed by atoms with Gasteiger partial charge in [-0.3, -0.25) is 4.79 Å². The van der Waals surface area contributed by atoms with E-state index in [0.717, 1.165) is 34.4 Å². The SMILES string of the molecule is Cc1nn2cc(C(=O)Nc3ccccc3N3CCOCC3)nc2s1. The molecule has 124 valence electrons. The van der Waals surface area contributed by atoms with Crippen LogP contribution in [0.15, 0.2) is 30.5 Å². The van der Waals surface area contributed by atoms with E-state index in [9.17, 15) is 4.79 Å². The number of carbonyl (C=O) groups is 1. The van der Waals surface area contributed by atoms with E-state index in [4.69, 9.17) is 4.74 Å².